The number of fused-ring (bicyclic) bond motifs is 1. The van der Waals surface area contributed by atoms with Crippen LogP contribution in [0, 0.1) is 0 Å². The molecule has 0 saturated carbocycles. The third-order valence-corrected chi connectivity index (χ3v) is 4.34. The number of rotatable bonds is 2. The summed E-state index contributed by atoms with van der Waals surface area (Å²) in [6.07, 6.45) is 1.05. The molecular weight excluding hydrogens is 324 g/mol. The molecule has 0 aromatic heterocycles. The molecule has 3 rings (SSSR count). The van der Waals surface area contributed by atoms with Crippen molar-refractivity contribution in [2.45, 2.75) is 13.0 Å². The Balaban J connectivity index is 1.91. The van der Waals surface area contributed by atoms with E-state index in [2.05, 4.69) is 33.0 Å². The zero-order chi connectivity index (χ0) is 13.4. The Bertz CT molecular complexity index is 628. The number of hydrogen-bond acceptors (Lipinski definition) is 2. The van der Waals surface area contributed by atoms with Gasteiger partial charge in [-0.3, -0.25) is 0 Å². The van der Waals surface area contributed by atoms with Gasteiger partial charge in [0, 0.05) is 22.6 Å². The van der Waals surface area contributed by atoms with Gasteiger partial charge in [-0.05, 0) is 35.7 Å². The van der Waals surface area contributed by atoms with Gasteiger partial charge in [0.15, 0.2) is 0 Å². The molecule has 0 aliphatic carbocycles. The normalized spacial score (nSPS) is 13.7. The van der Waals surface area contributed by atoms with Gasteiger partial charge < -0.3 is 10.6 Å². The Labute approximate surface area is 126 Å². The maximum absolute atomic E-state index is 6.29. The number of nitrogens with zero attached hydrogens (tertiary/aromatic N) is 1. The number of nitrogens with two attached hydrogens (primary N) is 1. The average Bonchev–Trinajstić information content (AvgIpc) is 2.77. The predicted molar refractivity (Wildman–Crippen MR) is 84.8 cm³/mol. The quantitative estimate of drug-likeness (QED) is 0.830. The molecule has 2 nitrogen and oxygen atoms in total. The van der Waals surface area contributed by atoms with Gasteiger partial charge in [0.25, 0.3) is 0 Å². The van der Waals surface area contributed by atoms with E-state index in [0.29, 0.717) is 0 Å². The number of halogens is 2. The smallest absolute Gasteiger partial charge is 0.0636 e. The van der Waals surface area contributed by atoms with Crippen LogP contribution in [-0.4, -0.2) is 6.54 Å². The summed E-state index contributed by atoms with van der Waals surface area (Å²) in [6.45, 7) is 1.79. The van der Waals surface area contributed by atoms with Crippen molar-refractivity contribution < 1.29 is 0 Å². The third kappa shape index (κ3) is 2.45. The van der Waals surface area contributed by atoms with Crippen molar-refractivity contribution >= 4 is 38.9 Å². The van der Waals surface area contributed by atoms with Crippen molar-refractivity contribution in [3.05, 3.63) is 57.0 Å². The first-order valence-electron chi connectivity index (χ1n) is 6.21. The molecule has 0 unspecified atom stereocenters. The van der Waals surface area contributed by atoms with E-state index in [9.17, 15) is 0 Å². The number of anilines is 2. The molecule has 0 bridgehead atoms. The van der Waals surface area contributed by atoms with Gasteiger partial charge in [-0.15, -0.1) is 0 Å². The first-order valence-corrected chi connectivity index (χ1v) is 7.38. The second-order valence-electron chi connectivity index (χ2n) is 4.76. The fraction of sp³-hybridized carbons (Fsp3) is 0.200. The minimum absolute atomic E-state index is 0.789. The molecule has 1 aliphatic rings. The second kappa shape index (κ2) is 5.06. The van der Waals surface area contributed by atoms with E-state index in [-0.39, 0.29) is 0 Å². The Morgan fingerprint density at radius 3 is 2.89 bits per heavy atom. The van der Waals surface area contributed by atoms with E-state index in [1.807, 2.05) is 24.3 Å². The minimum atomic E-state index is 0.789. The van der Waals surface area contributed by atoms with E-state index < -0.39 is 0 Å². The second-order valence-corrected chi connectivity index (χ2v) is 6.09. The molecule has 19 heavy (non-hydrogen) atoms. The number of para-hydroxylation sites is 1. The molecule has 0 radical (unpaired) electrons. The zero-order valence-electron chi connectivity index (χ0n) is 10.4. The Morgan fingerprint density at radius 1 is 1.26 bits per heavy atom. The lowest BCUT2D eigenvalue weighted by molar-refractivity contribution is 0.837. The van der Waals surface area contributed by atoms with E-state index in [4.69, 9.17) is 17.3 Å². The summed E-state index contributed by atoms with van der Waals surface area (Å²) in [7, 11) is 0. The van der Waals surface area contributed by atoms with E-state index in [0.717, 1.165) is 40.3 Å². The molecule has 1 heterocycles. The highest BCUT2D eigenvalue weighted by molar-refractivity contribution is 9.10. The van der Waals surface area contributed by atoms with Crippen LogP contribution in [0.5, 0.6) is 0 Å². The van der Waals surface area contributed by atoms with Crippen molar-refractivity contribution in [2.24, 2.45) is 0 Å². The Hall–Kier alpha value is -1.19. The Kier molecular flexibility index (Phi) is 3.42. The molecule has 0 atom stereocenters. The maximum atomic E-state index is 6.29. The lowest BCUT2D eigenvalue weighted by Gasteiger charge is -2.21. The monoisotopic (exact) mass is 336 g/mol. The molecule has 0 fully saturated rings. The van der Waals surface area contributed by atoms with Gasteiger partial charge in [-0.2, -0.15) is 0 Å². The van der Waals surface area contributed by atoms with Crippen molar-refractivity contribution in [1.82, 2.24) is 0 Å². The standard InChI is InChI=1S/C15H14BrClN2/c16-12-5-4-11(13(17)8-12)9-19-7-6-10-2-1-3-14(18)15(10)19/h1-5,8H,6-7,9,18H2. The highest BCUT2D eigenvalue weighted by Crippen LogP contribution is 2.35. The molecule has 4 heteroatoms. The zero-order valence-corrected chi connectivity index (χ0v) is 12.7. The lowest BCUT2D eigenvalue weighted by Crippen LogP contribution is -2.20. The first kappa shape index (κ1) is 12.8. The lowest BCUT2D eigenvalue weighted by atomic mass is 10.1. The molecular formula is C15H14BrClN2. The first-order chi connectivity index (χ1) is 9.15. The predicted octanol–water partition coefficient (Wildman–Crippen LogP) is 4.25. The fourth-order valence-corrected chi connectivity index (χ4v) is 3.31. The van der Waals surface area contributed by atoms with Crippen LogP contribution in [0.3, 0.4) is 0 Å². The maximum Gasteiger partial charge on any atom is 0.0636 e. The fourth-order valence-electron chi connectivity index (χ4n) is 2.58. The van der Waals surface area contributed by atoms with Gasteiger partial charge in [0.05, 0.1) is 11.4 Å². The summed E-state index contributed by atoms with van der Waals surface area (Å²) >= 11 is 9.72. The summed E-state index contributed by atoms with van der Waals surface area (Å²) in [5.74, 6) is 0. The van der Waals surface area contributed by atoms with Crippen molar-refractivity contribution in [3.8, 4) is 0 Å². The van der Waals surface area contributed by atoms with Crippen LogP contribution in [0.2, 0.25) is 5.02 Å². The third-order valence-electron chi connectivity index (χ3n) is 3.49. The topological polar surface area (TPSA) is 29.3 Å². The SMILES string of the molecule is Nc1cccc2c1N(Cc1ccc(Br)cc1Cl)CC2. The molecule has 2 N–H and O–H groups in total. The number of hydrogen-bond donors (Lipinski definition) is 1. The van der Waals surface area contributed by atoms with Gasteiger partial charge in [-0.1, -0.05) is 45.7 Å². The molecule has 2 aromatic carbocycles. The van der Waals surface area contributed by atoms with E-state index >= 15 is 0 Å². The molecule has 98 valence electrons. The summed E-state index contributed by atoms with van der Waals surface area (Å²) in [6, 6.07) is 12.1. The molecule has 1 aliphatic heterocycles. The molecule has 2 aromatic rings. The van der Waals surface area contributed by atoms with Crippen LogP contribution >= 0.6 is 27.5 Å². The van der Waals surface area contributed by atoms with Gasteiger partial charge in [-0.25, -0.2) is 0 Å². The van der Waals surface area contributed by atoms with E-state index in [1.165, 1.54) is 11.3 Å². The van der Waals surface area contributed by atoms with Crippen LogP contribution in [0.4, 0.5) is 11.4 Å². The number of benzene rings is 2. The van der Waals surface area contributed by atoms with Crippen molar-refractivity contribution in [2.75, 3.05) is 17.2 Å². The van der Waals surface area contributed by atoms with Crippen LogP contribution in [0.1, 0.15) is 11.1 Å². The molecule has 0 amide bonds. The van der Waals surface area contributed by atoms with Crippen molar-refractivity contribution in [3.63, 3.8) is 0 Å². The highest BCUT2D eigenvalue weighted by Gasteiger charge is 2.21. The summed E-state index contributed by atoms with van der Waals surface area (Å²) in [4.78, 5) is 2.31. The summed E-state index contributed by atoms with van der Waals surface area (Å²) in [5, 5.41) is 0.789. The van der Waals surface area contributed by atoms with E-state index in [1.54, 1.807) is 0 Å². The average molecular weight is 338 g/mol. The van der Waals surface area contributed by atoms with Gasteiger partial charge in [0.2, 0.25) is 0 Å². The van der Waals surface area contributed by atoms with Crippen LogP contribution in [-0.2, 0) is 13.0 Å². The number of nitrogen functional groups attached to an aromatic ring is 1. The van der Waals surface area contributed by atoms with Crippen molar-refractivity contribution in [1.29, 1.82) is 0 Å². The van der Waals surface area contributed by atoms with Crippen LogP contribution in [0.25, 0.3) is 0 Å². The van der Waals surface area contributed by atoms with Gasteiger partial charge in [0.1, 0.15) is 0 Å². The minimum Gasteiger partial charge on any atom is -0.397 e. The molecule has 0 saturated heterocycles. The van der Waals surface area contributed by atoms with Gasteiger partial charge >= 0.3 is 0 Å². The highest BCUT2D eigenvalue weighted by atomic mass is 79.9. The molecule has 0 spiro atoms. The Morgan fingerprint density at radius 2 is 2.11 bits per heavy atom. The summed E-state index contributed by atoms with van der Waals surface area (Å²) in [5.41, 5.74) is 10.6. The largest absolute Gasteiger partial charge is 0.397 e. The van der Waals surface area contributed by atoms with Crippen LogP contribution < -0.4 is 10.6 Å². The summed E-state index contributed by atoms with van der Waals surface area (Å²) < 4.78 is 1.00. The van der Waals surface area contributed by atoms with Crippen LogP contribution in [0.15, 0.2) is 40.9 Å².